The van der Waals surface area contributed by atoms with E-state index in [1.165, 1.54) is 11.8 Å². The van der Waals surface area contributed by atoms with Crippen LogP contribution in [0.2, 0.25) is 0 Å². The summed E-state index contributed by atoms with van der Waals surface area (Å²) >= 11 is 1.47. The third kappa shape index (κ3) is 4.43. The third-order valence-electron chi connectivity index (χ3n) is 4.38. The highest BCUT2D eigenvalue weighted by molar-refractivity contribution is 8.13. The van der Waals surface area contributed by atoms with E-state index in [0.29, 0.717) is 11.6 Å². The highest BCUT2D eigenvalue weighted by atomic mass is 32.2. The molecule has 2 heterocycles. The molecule has 1 aromatic heterocycles. The summed E-state index contributed by atoms with van der Waals surface area (Å²) in [5, 5.41) is 4.86. The number of nitrogens with zero attached hydrogens (tertiary/aromatic N) is 3. The van der Waals surface area contributed by atoms with Crippen molar-refractivity contribution in [2.24, 2.45) is 21.7 Å². The molecule has 3 rings (SSSR count). The molecule has 26 heavy (non-hydrogen) atoms. The monoisotopic (exact) mass is 372 g/mol. The van der Waals surface area contributed by atoms with E-state index in [4.69, 9.17) is 5.73 Å². The fourth-order valence-corrected chi connectivity index (χ4v) is 3.22. The molecule has 8 heteroatoms. The van der Waals surface area contributed by atoms with Gasteiger partial charge < -0.3 is 10.7 Å². The number of aryl methyl sites for hydroxylation is 1. The van der Waals surface area contributed by atoms with Crippen molar-refractivity contribution in [3.8, 4) is 0 Å². The number of rotatable bonds is 6. The van der Waals surface area contributed by atoms with E-state index < -0.39 is 0 Å². The molecule has 1 aliphatic heterocycles. The van der Waals surface area contributed by atoms with Crippen LogP contribution >= 0.6 is 11.8 Å². The van der Waals surface area contributed by atoms with Crippen LogP contribution < -0.4 is 11.2 Å². The maximum atomic E-state index is 11.4. The number of aromatic nitrogens is 2. The minimum atomic E-state index is -0.0326. The Hall–Kier alpha value is -2.35. The van der Waals surface area contributed by atoms with Crippen LogP contribution in [0.5, 0.6) is 0 Å². The summed E-state index contributed by atoms with van der Waals surface area (Å²) in [5.41, 5.74) is 12.1. The number of H-pyrrole nitrogens is 1. The number of nitrogens with two attached hydrogens (primary N) is 1. The Kier molecular flexibility index (Phi) is 5.92. The van der Waals surface area contributed by atoms with Crippen LogP contribution in [-0.4, -0.2) is 39.6 Å². The largest absolute Gasteiger partial charge is 0.379 e. The number of fused-ring (bicyclic) bond motifs is 1. The highest BCUT2D eigenvalue weighted by Gasteiger charge is 2.21. The molecule has 0 fully saturated rings. The van der Waals surface area contributed by atoms with E-state index in [2.05, 4.69) is 31.6 Å². The molecule has 0 bridgehead atoms. The summed E-state index contributed by atoms with van der Waals surface area (Å²) in [6.45, 7) is 2.77. The van der Waals surface area contributed by atoms with Crippen molar-refractivity contribution in [1.82, 2.24) is 15.4 Å². The summed E-state index contributed by atoms with van der Waals surface area (Å²) in [6.07, 6.45) is 5.26. The lowest BCUT2D eigenvalue weighted by atomic mass is 9.94. The number of benzene rings is 1. The van der Waals surface area contributed by atoms with E-state index in [0.717, 1.165) is 53.9 Å². The van der Waals surface area contributed by atoms with E-state index in [9.17, 15) is 4.79 Å². The molecule has 0 radical (unpaired) electrons. The molecule has 4 N–H and O–H groups in total. The molecule has 1 aliphatic rings. The smallest absolute Gasteiger partial charge is 0.240 e. The number of unbranched alkanes of at least 4 members (excludes halogenated alkanes) is 1. The van der Waals surface area contributed by atoms with Crippen molar-refractivity contribution < 1.29 is 4.79 Å². The molecule has 0 saturated heterocycles. The van der Waals surface area contributed by atoms with Crippen LogP contribution in [0.25, 0.3) is 11.0 Å². The molecule has 0 spiro atoms. The third-order valence-corrected chi connectivity index (χ3v) is 4.93. The lowest BCUT2D eigenvalue weighted by Crippen LogP contribution is -2.31. The van der Waals surface area contributed by atoms with Gasteiger partial charge in [0.15, 0.2) is 5.17 Å². The summed E-state index contributed by atoms with van der Waals surface area (Å²) < 4.78 is 0. The molecule has 7 nitrogen and oxygen atoms in total. The van der Waals surface area contributed by atoms with Gasteiger partial charge in [0.05, 0.1) is 16.7 Å². The predicted octanol–water partition coefficient (Wildman–Crippen LogP) is 2.42. The number of nitrogens with one attached hydrogen (secondary N) is 2. The fraction of sp³-hybridized carbons (Fsp3) is 0.444. The second kappa shape index (κ2) is 8.35. The standard InChI is InChI=1S/C18H24N6OS/c1-11-9-16(25)23-24-17(11)12-6-7-13-14(10-12)22-15(21-13)5-3-4-8-20-18(19)26-2/h6-7,10-11H,3-5,8-9H2,1-2H3,(H2,19,20)(H,21,22)(H,23,25). The van der Waals surface area contributed by atoms with E-state index in [1.54, 1.807) is 0 Å². The topological polar surface area (TPSA) is 109 Å². The summed E-state index contributed by atoms with van der Waals surface area (Å²) in [5.74, 6) is 1.05. The van der Waals surface area contributed by atoms with Gasteiger partial charge in [-0.3, -0.25) is 9.79 Å². The van der Waals surface area contributed by atoms with E-state index in [1.807, 2.05) is 25.3 Å². The Balaban J connectivity index is 1.65. The van der Waals surface area contributed by atoms with Crippen molar-refractivity contribution in [3.05, 3.63) is 29.6 Å². The first-order chi connectivity index (χ1) is 12.6. The second-order valence-electron chi connectivity index (χ2n) is 6.43. The van der Waals surface area contributed by atoms with E-state index >= 15 is 0 Å². The number of thioether (sulfide) groups is 1. The number of amidine groups is 1. The second-order valence-corrected chi connectivity index (χ2v) is 7.26. The lowest BCUT2D eigenvalue weighted by molar-refractivity contribution is -0.121. The van der Waals surface area contributed by atoms with Gasteiger partial charge in [0.2, 0.25) is 5.91 Å². The zero-order valence-electron chi connectivity index (χ0n) is 15.1. The van der Waals surface area contributed by atoms with Gasteiger partial charge in [-0.2, -0.15) is 5.10 Å². The van der Waals surface area contributed by atoms with Crippen LogP contribution in [0.3, 0.4) is 0 Å². The van der Waals surface area contributed by atoms with Gasteiger partial charge in [-0.05, 0) is 31.2 Å². The fourth-order valence-electron chi connectivity index (χ4n) is 3.00. The molecule has 1 unspecified atom stereocenters. The molecular formula is C18H24N6OS. The van der Waals surface area contributed by atoms with Gasteiger partial charge in [-0.1, -0.05) is 24.8 Å². The van der Waals surface area contributed by atoms with Crippen molar-refractivity contribution in [3.63, 3.8) is 0 Å². The molecule has 1 aromatic carbocycles. The molecule has 2 aromatic rings. The highest BCUT2D eigenvalue weighted by Crippen LogP contribution is 2.20. The molecule has 1 atom stereocenters. The maximum Gasteiger partial charge on any atom is 0.240 e. The quantitative estimate of drug-likeness (QED) is 0.411. The summed E-state index contributed by atoms with van der Waals surface area (Å²) in [7, 11) is 0. The molecular weight excluding hydrogens is 348 g/mol. The normalized spacial score (nSPS) is 18.1. The van der Waals surface area contributed by atoms with Crippen molar-refractivity contribution in [2.75, 3.05) is 12.8 Å². The number of aliphatic imine (C=N–C) groups is 1. The average Bonchev–Trinajstić information content (AvgIpc) is 3.03. The first-order valence-corrected chi connectivity index (χ1v) is 9.98. The van der Waals surface area contributed by atoms with Gasteiger partial charge in [-0.25, -0.2) is 10.4 Å². The maximum absolute atomic E-state index is 11.4. The SMILES string of the molecule is CSC(N)=NCCCCc1nc2ccc(C3=NNC(=O)CC3C)cc2[nH]1. The number of imidazole rings is 1. The zero-order valence-corrected chi connectivity index (χ0v) is 15.9. The summed E-state index contributed by atoms with van der Waals surface area (Å²) in [4.78, 5) is 23.7. The number of carbonyl (C=O) groups is 1. The Morgan fingerprint density at radius 2 is 2.27 bits per heavy atom. The molecule has 0 aliphatic carbocycles. The number of hydrogen-bond donors (Lipinski definition) is 3. The molecule has 138 valence electrons. The summed E-state index contributed by atoms with van der Waals surface area (Å²) in [6, 6.07) is 6.07. The Morgan fingerprint density at radius 3 is 3.04 bits per heavy atom. The van der Waals surface area contributed by atoms with Crippen LogP contribution in [0.4, 0.5) is 0 Å². The van der Waals surface area contributed by atoms with E-state index in [-0.39, 0.29) is 11.8 Å². The number of hydrazone groups is 1. The van der Waals surface area contributed by atoms with Crippen LogP contribution in [0, 0.1) is 5.92 Å². The lowest BCUT2D eigenvalue weighted by Gasteiger charge is -2.18. The van der Waals surface area contributed by atoms with Gasteiger partial charge >= 0.3 is 0 Å². The van der Waals surface area contributed by atoms with Crippen molar-refractivity contribution in [1.29, 1.82) is 0 Å². The zero-order chi connectivity index (χ0) is 18.5. The molecule has 1 amide bonds. The van der Waals surface area contributed by atoms with Gasteiger partial charge in [0, 0.05) is 30.9 Å². The minimum Gasteiger partial charge on any atom is -0.379 e. The molecule has 0 saturated carbocycles. The van der Waals surface area contributed by atoms with Crippen LogP contribution in [0.15, 0.2) is 28.3 Å². The minimum absolute atomic E-state index is 0.0326. The Morgan fingerprint density at radius 1 is 1.42 bits per heavy atom. The van der Waals surface area contributed by atoms with Gasteiger partial charge in [0.1, 0.15) is 5.82 Å². The van der Waals surface area contributed by atoms with Gasteiger partial charge in [-0.15, -0.1) is 0 Å². The Bertz CT molecular complexity index is 856. The first-order valence-electron chi connectivity index (χ1n) is 8.76. The first kappa shape index (κ1) is 18.4. The Labute approximate surface area is 156 Å². The van der Waals surface area contributed by atoms with Crippen molar-refractivity contribution in [2.45, 2.75) is 32.6 Å². The van der Waals surface area contributed by atoms with Crippen LogP contribution in [-0.2, 0) is 11.2 Å². The van der Waals surface area contributed by atoms with Gasteiger partial charge in [0.25, 0.3) is 0 Å². The predicted molar refractivity (Wildman–Crippen MR) is 107 cm³/mol. The number of carbonyl (C=O) groups excluding carboxylic acids is 1. The number of amides is 1. The van der Waals surface area contributed by atoms with Crippen molar-refractivity contribution >= 4 is 39.6 Å². The number of aromatic amines is 1. The van der Waals surface area contributed by atoms with Crippen LogP contribution in [0.1, 0.15) is 37.6 Å². The average molecular weight is 372 g/mol. The number of hydrogen-bond acceptors (Lipinski definition) is 5.